The molecule has 0 aliphatic rings. The van der Waals surface area contributed by atoms with Gasteiger partial charge in [-0.25, -0.2) is 8.42 Å². The van der Waals surface area contributed by atoms with E-state index in [0.29, 0.717) is 6.54 Å². The quantitative estimate of drug-likeness (QED) is 0.786. The van der Waals surface area contributed by atoms with E-state index in [9.17, 15) is 18.3 Å². The molecule has 24 heavy (non-hydrogen) atoms. The third-order valence-corrected chi connectivity index (χ3v) is 6.21. The minimum absolute atomic E-state index is 0.146. The van der Waals surface area contributed by atoms with Gasteiger partial charge in [0, 0.05) is 19.7 Å². The lowest BCUT2D eigenvalue weighted by molar-refractivity contribution is 0.0790. The van der Waals surface area contributed by atoms with Crippen LogP contribution in [0.2, 0.25) is 0 Å². The number of nitrogens with one attached hydrogen (secondary N) is 1. The fraction of sp³-hybridized carbons (Fsp3) is 0.312. The molecule has 0 aliphatic carbocycles. The van der Waals surface area contributed by atoms with Crippen molar-refractivity contribution in [3.8, 4) is 5.75 Å². The molecule has 1 aromatic heterocycles. The number of nitrogens with zero attached hydrogens (tertiary/aromatic N) is 1. The summed E-state index contributed by atoms with van der Waals surface area (Å²) in [5.74, 6) is -0.552. The van der Waals surface area contributed by atoms with E-state index in [2.05, 4.69) is 4.72 Å². The Morgan fingerprint density at radius 1 is 1.33 bits per heavy atom. The number of unbranched alkanes of at least 4 members (excludes halogenated alkanes) is 1. The van der Waals surface area contributed by atoms with Gasteiger partial charge in [0.15, 0.2) is 0 Å². The lowest BCUT2D eigenvalue weighted by atomic mass is 10.1. The van der Waals surface area contributed by atoms with Crippen LogP contribution in [-0.4, -0.2) is 37.9 Å². The summed E-state index contributed by atoms with van der Waals surface area (Å²) in [6.07, 6.45) is 1.84. The van der Waals surface area contributed by atoms with Crippen molar-refractivity contribution in [2.24, 2.45) is 0 Å². The van der Waals surface area contributed by atoms with Gasteiger partial charge >= 0.3 is 0 Å². The maximum absolute atomic E-state index is 12.3. The number of phenolic OH excluding ortho intramolecular Hbond substituents is 1. The molecule has 0 atom stereocenters. The number of amides is 1. The Labute approximate surface area is 145 Å². The van der Waals surface area contributed by atoms with Gasteiger partial charge in [-0.2, -0.15) is 0 Å². The van der Waals surface area contributed by atoms with E-state index in [-0.39, 0.29) is 27.1 Å². The topological polar surface area (TPSA) is 86.7 Å². The van der Waals surface area contributed by atoms with Crippen molar-refractivity contribution in [2.45, 2.75) is 24.0 Å². The highest BCUT2D eigenvalue weighted by atomic mass is 32.2. The summed E-state index contributed by atoms with van der Waals surface area (Å²) in [6, 6.07) is 7.27. The van der Waals surface area contributed by atoms with Crippen LogP contribution in [0.5, 0.6) is 5.75 Å². The van der Waals surface area contributed by atoms with E-state index in [4.69, 9.17) is 0 Å². The average molecular weight is 368 g/mol. The third-order valence-electron chi connectivity index (χ3n) is 3.43. The van der Waals surface area contributed by atoms with Gasteiger partial charge in [-0.15, -0.1) is 11.3 Å². The van der Waals surface area contributed by atoms with Gasteiger partial charge in [0.25, 0.3) is 15.9 Å². The summed E-state index contributed by atoms with van der Waals surface area (Å²) in [6.45, 7) is 2.63. The van der Waals surface area contributed by atoms with E-state index >= 15 is 0 Å². The van der Waals surface area contributed by atoms with Crippen LogP contribution in [-0.2, 0) is 10.0 Å². The standard InChI is InChI=1S/C16H20N2O4S2/c1-3-4-9-18(2)16(20)13-8-7-12(11-14(13)19)17-24(21,22)15-6-5-10-23-15/h5-8,10-11,17,19H,3-4,9H2,1-2H3. The molecule has 1 amide bonds. The molecule has 130 valence electrons. The summed E-state index contributed by atoms with van der Waals surface area (Å²) < 4.78 is 26.9. The first-order valence-corrected chi connectivity index (χ1v) is 9.86. The first-order valence-electron chi connectivity index (χ1n) is 7.50. The van der Waals surface area contributed by atoms with E-state index in [1.54, 1.807) is 18.5 Å². The third kappa shape index (κ3) is 4.27. The molecule has 0 unspecified atom stereocenters. The normalized spacial score (nSPS) is 11.2. The number of carbonyl (C=O) groups is 1. The Balaban J connectivity index is 2.17. The molecule has 2 N–H and O–H groups in total. The Morgan fingerprint density at radius 2 is 2.08 bits per heavy atom. The molecule has 0 spiro atoms. The summed E-state index contributed by atoms with van der Waals surface area (Å²) >= 11 is 1.10. The van der Waals surface area contributed by atoms with Crippen LogP contribution in [0.1, 0.15) is 30.1 Å². The molecular formula is C16H20N2O4S2. The molecule has 0 saturated carbocycles. The minimum atomic E-state index is -3.69. The number of phenols is 1. The Morgan fingerprint density at radius 3 is 2.67 bits per heavy atom. The number of sulfonamides is 1. The molecule has 0 aliphatic heterocycles. The number of benzene rings is 1. The zero-order chi connectivity index (χ0) is 17.7. The number of anilines is 1. The number of rotatable bonds is 7. The highest BCUT2D eigenvalue weighted by Gasteiger charge is 2.19. The number of hydrogen-bond donors (Lipinski definition) is 2. The number of aromatic hydroxyl groups is 1. The van der Waals surface area contributed by atoms with Crippen LogP contribution >= 0.6 is 11.3 Å². The van der Waals surface area contributed by atoms with Gasteiger partial charge in [0.1, 0.15) is 9.96 Å². The van der Waals surface area contributed by atoms with Crippen molar-refractivity contribution in [3.63, 3.8) is 0 Å². The molecule has 0 fully saturated rings. The zero-order valence-electron chi connectivity index (χ0n) is 13.5. The molecule has 6 nitrogen and oxygen atoms in total. The fourth-order valence-electron chi connectivity index (χ4n) is 2.10. The fourth-order valence-corrected chi connectivity index (χ4v) is 4.14. The second-order valence-electron chi connectivity index (χ2n) is 5.35. The lowest BCUT2D eigenvalue weighted by Crippen LogP contribution is -2.27. The molecule has 0 radical (unpaired) electrons. The number of hydrogen-bond acceptors (Lipinski definition) is 5. The van der Waals surface area contributed by atoms with Crippen molar-refractivity contribution < 1.29 is 18.3 Å². The molecular weight excluding hydrogens is 348 g/mol. The van der Waals surface area contributed by atoms with E-state index in [0.717, 1.165) is 24.2 Å². The highest BCUT2D eigenvalue weighted by molar-refractivity contribution is 7.94. The molecule has 0 bridgehead atoms. The SMILES string of the molecule is CCCCN(C)C(=O)c1ccc(NS(=O)(=O)c2cccs2)cc1O. The molecule has 2 aromatic rings. The van der Waals surface area contributed by atoms with Crippen LogP contribution < -0.4 is 4.72 Å². The smallest absolute Gasteiger partial charge is 0.271 e. The van der Waals surface area contributed by atoms with Crippen molar-refractivity contribution in [1.82, 2.24) is 4.90 Å². The van der Waals surface area contributed by atoms with Gasteiger partial charge in [0.05, 0.1) is 11.3 Å². The second kappa shape index (κ2) is 7.67. The van der Waals surface area contributed by atoms with Crippen LogP contribution in [0.25, 0.3) is 0 Å². The predicted molar refractivity (Wildman–Crippen MR) is 95.1 cm³/mol. The highest BCUT2D eigenvalue weighted by Crippen LogP contribution is 2.26. The Bertz CT molecular complexity index is 801. The van der Waals surface area contributed by atoms with Gasteiger partial charge in [0.2, 0.25) is 0 Å². The Hall–Kier alpha value is -2.06. The first-order chi connectivity index (χ1) is 11.3. The summed E-state index contributed by atoms with van der Waals surface area (Å²) in [7, 11) is -2.01. The van der Waals surface area contributed by atoms with E-state index in [1.807, 2.05) is 6.92 Å². The molecule has 1 heterocycles. The maximum atomic E-state index is 12.3. The van der Waals surface area contributed by atoms with Crippen molar-refractivity contribution >= 4 is 33.0 Å². The Kier molecular flexibility index (Phi) is 5.84. The average Bonchev–Trinajstić information content (AvgIpc) is 3.07. The molecule has 8 heteroatoms. The molecule has 1 aromatic carbocycles. The molecule has 2 rings (SSSR count). The van der Waals surface area contributed by atoms with Crippen LogP contribution in [0.3, 0.4) is 0 Å². The molecule has 0 saturated heterocycles. The van der Waals surface area contributed by atoms with E-state index in [1.165, 1.54) is 29.2 Å². The first kappa shape index (κ1) is 18.3. The van der Waals surface area contributed by atoms with Crippen molar-refractivity contribution in [2.75, 3.05) is 18.3 Å². The largest absolute Gasteiger partial charge is 0.507 e. The van der Waals surface area contributed by atoms with E-state index < -0.39 is 10.0 Å². The monoisotopic (exact) mass is 368 g/mol. The summed E-state index contributed by atoms with van der Waals surface area (Å²) in [5.41, 5.74) is 0.348. The second-order valence-corrected chi connectivity index (χ2v) is 8.21. The van der Waals surface area contributed by atoms with Crippen molar-refractivity contribution in [1.29, 1.82) is 0 Å². The number of thiophene rings is 1. The van der Waals surface area contributed by atoms with Crippen molar-refractivity contribution in [3.05, 3.63) is 41.3 Å². The lowest BCUT2D eigenvalue weighted by Gasteiger charge is -2.17. The van der Waals surface area contributed by atoms with Gasteiger partial charge in [-0.3, -0.25) is 9.52 Å². The van der Waals surface area contributed by atoms with Crippen LogP contribution in [0, 0.1) is 0 Å². The summed E-state index contributed by atoms with van der Waals surface area (Å²) in [5, 5.41) is 11.8. The maximum Gasteiger partial charge on any atom is 0.271 e. The summed E-state index contributed by atoms with van der Waals surface area (Å²) in [4.78, 5) is 13.8. The zero-order valence-corrected chi connectivity index (χ0v) is 15.2. The number of carbonyl (C=O) groups excluding carboxylic acids is 1. The van der Waals surface area contributed by atoms with Gasteiger partial charge in [-0.05, 0) is 30.0 Å². The minimum Gasteiger partial charge on any atom is -0.507 e. The van der Waals surface area contributed by atoms with Gasteiger partial charge in [-0.1, -0.05) is 19.4 Å². The predicted octanol–water partition coefficient (Wildman–Crippen LogP) is 3.13. The van der Waals surface area contributed by atoms with Gasteiger partial charge < -0.3 is 10.0 Å². The van der Waals surface area contributed by atoms with Crippen LogP contribution in [0.4, 0.5) is 5.69 Å². The van der Waals surface area contributed by atoms with Crippen LogP contribution in [0.15, 0.2) is 39.9 Å².